The first-order chi connectivity index (χ1) is 6.21. The summed E-state index contributed by atoms with van der Waals surface area (Å²) in [4.78, 5) is 0. The molecular weight excluding hydrogens is 294 g/mol. The van der Waals surface area contributed by atoms with Crippen molar-refractivity contribution in [2.24, 2.45) is 0 Å². The van der Waals surface area contributed by atoms with Crippen LogP contribution in [0, 0.1) is 0 Å². The van der Waals surface area contributed by atoms with Crippen LogP contribution in [-0.2, 0) is 3.42 Å². The zero-order valence-electron chi connectivity index (χ0n) is 7.39. The van der Waals surface area contributed by atoms with E-state index >= 15 is 0 Å². The zero-order valence-corrected chi connectivity index (χ0v) is 10.3. The van der Waals surface area contributed by atoms with Gasteiger partial charge < -0.3 is 0 Å². The van der Waals surface area contributed by atoms with Crippen molar-refractivity contribution in [3.05, 3.63) is 34.9 Å². The van der Waals surface area contributed by atoms with Crippen LogP contribution in [0.4, 0.5) is 0 Å². The van der Waals surface area contributed by atoms with E-state index in [1.165, 1.54) is 31.2 Å². The van der Waals surface area contributed by atoms with E-state index < -0.39 is 0 Å². The fourth-order valence-corrected chi connectivity index (χ4v) is 3.22. The molecular formula is C11H12ClI. The molecule has 0 aromatic heterocycles. The van der Waals surface area contributed by atoms with E-state index in [4.69, 9.17) is 11.6 Å². The van der Waals surface area contributed by atoms with Crippen LogP contribution in [0.1, 0.15) is 31.2 Å². The van der Waals surface area contributed by atoms with Crippen molar-refractivity contribution in [2.45, 2.75) is 29.1 Å². The molecule has 2 rings (SSSR count). The number of hydrogen-bond acceptors (Lipinski definition) is 0. The Balaban J connectivity index is 2.29. The third-order valence-corrected chi connectivity index (χ3v) is 4.71. The summed E-state index contributed by atoms with van der Waals surface area (Å²) in [7, 11) is 0. The maximum absolute atomic E-state index is 5.86. The number of hydrogen-bond donors (Lipinski definition) is 0. The second kappa shape index (κ2) is 3.77. The van der Waals surface area contributed by atoms with Crippen LogP contribution >= 0.6 is 34.2 Å². The molecule has 70 valence electrons. The average Bonchev–Trinajstić information content (AvgIpc) is 2.54. The van der Waals surface area contributed by atoms with Crippen molar-refractivity contribution < 1.29 is 0 Å². The second-order valence-electron chi connectivity index (χ2n) is 3.68. The molecule has 1 saturated carbocycles. The van der Waals surface area contributed by atoms with E-state index in [0.29, 0.717) is 3.42 Å². The molecule has 0 radical (unpaired) electrons. The van der Waals surface area contributed by atoms with Gasteiger partial charge in [0.1, 0.15) is 0 Å². The summed E-state index contributed by atoms with van der Waals surface area (Å²) < 4.78 is 0.391. The first-order valence-electron chi connectivity index (χ1n) is 4.66. The highest BCUT2D eigenvalue weighted by Crippen LogP contribution is 2.46. The van der Waals surface area contributed by atoms with Crippen LogP contribution in [0.15, 0.2) is 24.3 Å². The summed E-state index contributed by atoms with van der Waals surface area (Å²) in [5.41, 5.74) is 1.44. The lowest BCUT2D eigenvalue weighted by molar-refractivity contribution is 0.689. The standard InChI is InChI=1S/C11H12ClI/c12-10-5-3-9(4-6-10)11(13)7-1-2-8-11/h3-6H,1-2,7-8H2. The largest absolute Gasteiger partial charge is 0.0843 e. The molecule has 0 heterocycles. The van der Waals surface area contributed by atoms with E-state index in [-0.39, 0.29) is 0 Å². The number of alkyl halides is 1. The molecule has 0 nitrogen and oxygen atoms in total. The molecule has 0 saturated heterocycles. The van der Waals surface area contributed by atoms with Crippen molar-refractivity contribution in [1.29, 1.82) is 0 Å². The molecule has 0 atom stereocenters. The van der Waals surface area contributed by atoms with Crippen molar-refractivity contribution in [2.75, 3.05) is 0 Å². The van der Waals surface area contributed by atoms with Gasteiger partial charge in [0.05, 0.1) is 0 Å². The minimum Gasteiger partial charge on any atom is -0.0843 e. The molecule has 0 amide bonds. The Hall–Kier alpha value is 0.240. The quantitative estimate of drug-likeness (QED) is 0.528. The summed E-state index contributed by atoms with van der Waals surface area (Å²) in [6.45, 7) is 0. The Labute approximate surface area is 97.8 Å². The van der Waals surface area contributed by atoms with Crippen molar-refractivity contribution >= 4 is 34.2 Å². The lowest BCUT2D eigenvalue weighted by atomic mass is 9.98. The van der Waals surface area contributed by atoms with Crippen LogP contribution in [0.25, 0.3) is 0 Å². The molecule has 1 aromatic rings. The molecule has 0 spiro atoms. The molecule has 2 heteroatoms. The van der Waals surface area contributed by atoms with Crippen molar-refractivity contribution in [3.8, 4) is 0 Å². The highest BCUT2D eigenvalue weighted by atomic mass is 127. The SMILES string of the molecule is Clc1ccc(C2(I)CCCC2)cc1. The molecule has 1 aliphatic rings. The Bertz CT molecular complexity index is 285. The first kappa shape index (κ1) is 9.78. The molecule has 0 aliphatic heterocycles. The normalized spacial score (nSPS) is 20.5. The van der Waals surface area contributed by atoms with Gasteiger partial charge in [0.15, 0.2) is 0 Å². The van der Waals surface area contributed by atoms with Gasteiger partial charge in [-0.25, -0.2) is 0 Å². The minimum absolute atomic E-state index is 0.391. The summed E-state index contributed by atoms with van der Waals surface area (Å²) in [5.74, 6) is 0. The minimum atomic E-state index is 0.391. The Kier molecular flexibility index (Phi) is 2.84. The maximum Gasteiger partial charge on any atom is 0.0470 e. The number of rotatable bonds is 1. The van der Waals surface area contributed by atoms with Crippen LogP contribution in [0.5, 0.6) is 0 Å². The molecule has 0 N–H and O–H groups in total. The smallest absolute Gasteiger partial charge is 0.0470 e. The molecule has 13 heavy (non-hydrogen) atoms. The lowest BCUT2D eigenvalue weighted by Gasteiger charge is -2.21. The summed E-state index contributed by atoms with van der Waals surface area (Å²) in [6.07, 6.45) is 5.36. The lowest BCUT2D eigenvalue weighted by Crippen LogP contribution is -2.11. The van der Waals surface area contributed by atoms with Crippen molar-refractivity contribution in [3.63, 3.8) is 0 Å². The fraction of sp³-hybridized carbons (Fsp3) is 0.455. The highest BCUT2D eigenvalue weighted by Gasteiger charge is 2.32. The van der Waals surface area contributed by atoms with Crippen molar-refractivity contribution in [1.82, 2.24) is 0 Å². The number of benzene rings is 1. The monoisotopic (exact) mass is 306 g/mol. The third kappa shape index (κ3) is 2.01. The topological polar surface area (TPSA) is 0 Å². The first-order valence-corrected chi connectivity index (χ1v) is 6.11. The van der Waals surface area contributed by atoms with E-state index in [1.54, 1.807) is 0 Å². The summed E-state index contributed by atoms with van der Waals surface area (Å²) in [5, 5.41) is 0.835. The Morgan fingerprint density at radius 2 is 1.62 bits per heavy atom. The predicted molar refractivity (Wildman–Crippen MR) is 65.6 cm³/mol. The van der Waals surface area contributed by atoms with Gasteiger partial charge >= 0.3 is 0 Å². The Morgan fingerprint density at radius 1 is 1.08 bits per heavy atom. The van der Waals surface area contributed by atoms with E-state index in [9.17, 15) is 0 Å². The van der Waals surface area contributed by atoms with Gasteiger partial charge in [0, 0.05) is 8.44 Å². The van der Waals surface area contributed by atoms with Crippen LogP contribution < -0.4 is 0 Å². The predicted octanol–water partition coefficient (Wildman–Crippen LogP) is 4.54. The molecule has 0 unspecified atom stereocenters. The van der Waals surface area contributed by atoms with E-state index in [0.717, 1.165) is 5.02 Å². The average molecular weight is 307 g/mol. The fourth-order valence-electron chi connectivity index (χ4n) is 1.97. The number of halogens is 2. The second-order valence-corrected chi connectivity index (χ2v) is 6.18. The van der Waals surface area contributed by atoms with Gasteiger partial charge in [0.25, 0.3) is 0 Å². The maximum atomic E-state index is 5.86. The van der Waals surface area contributed by atoms with Crippen LogP contribution in [0.2, 0.25) is 5.02 Å². The van der Waals surface area contributed by atoms with Crippen LogP contribution in [-0.4, -0.2) is 0 Å². The van der Waals surface area contributed by atoms with Gasteiger partial charge in [-0.2, -0.15) is 0 Å². The summed E-state index contributed by atoms with van der Waals surface area (Å²) in [6, 6.07) is 8.32. The summed E-state index contributed by atoms with van der Waals surface area (Å²) >= 11 is 8.46. The van der Waals surface area contributed by atoms with Gasteiger partial charge in [-0.05, 0) is 30.5 Å². The molecule has 1 aliphatic carbocycles. The van der Waals surface area contributed by atoms with E-state index in [1.807, 2.05) is 12.1 Å². The molecule has 1 fully saturated rings. The van der Waals surface area contributed by atoms with Gasteiger partial charge in [-0.3, -0.25) is 0 Å². The van der Waals surface area contributed by atoms with E-state index in [2.05, 4.69) is 34.7 Å². The van der Waals surface area contributed by atoms with Gasteiger partial charge in [0.2, 0.25) is 0 Å². The molecule has 0 bridgehead atoms. The Morgan fingerprint density at radius 3 is 2.15 bits per heavy atom. The van der Waals surface area contributed by atoms with Gasteiger partial charge in [-0.15, -0.1) is 0 Å². The third-order valence-electron chi connectivity index (χ3n) is 2.76. The highest BCUT2D eigenvalue weighted by molar-refractivity contribution is 14.1. The molecule has 1 aromatic carbocycles. The zero-order chi connectivity index (χ0) is 9.31. The van der Waals surface area contributed by atoms with Gasteiger partial charge in [-0.1, -0.05) is 59.2 Å². The van der Waals surface area contributed by atoms with Crippen LogP contribution in [0.3, 0.4) is 0 Å².